The summed E-state index contributed by atoms with van der Waals surface area (Å²) in [6.07, 6.45) is -0.154. The second-order valence-corrected chi connectivity index (χ2v) is 2.30. The molecule has 0 amide bonds. The molecule has 0 bridgehead atoms. The van der Waals surface area contributed by atoms with E-state index in [0.717, 1.165) is 0 Å². The molecule has 62 valence electrons. The number of hydrogen-bond acceptors (Lipinski definition) is 2. The standard InChI is InChI=1S/C6H10O4.Sr.2H/c1-4(2-5(7)8)3-6(9)10;;;/h4H,2-3H2,1H3,(H,7,8)(H,9,10);;;. The van der Waals surface area contributed by atoms with E-state index >= 15 is 0 Å². The van der Waals surface area contributed by atoms with Gasteiger partial charge in [0, 0.05) is 12.8 Å². The van der Waals surface area contributed by atoms with Gasteiger partial charge in [-0.2, -0.15) is 0 Å². The van der Waals surface area contributed by atoms with Gasteiger partial charge in [0.1, 0.15) is 0 Å². The summed E-state index contributed by atoms with van der Waals surface area (Å²) in [7, 11) is 0. The molecule has 0 unspecified atom stereocenters. The molecule has 0 rings (SSSR count). The molecular formula is C6H12O4Sr. The summed E-state index contributed by atoms with van der Waals surface area (Å²) in [6.45, 7) is 1.60. The maximum atomic E-state index is 10.00. The summed E-state index contributed by atoms with van der Waals surface area (Å²) < 4.78 is 0. The van der Waals surface area contributed by atoms with E-state index in [2.05, 4.69) is 0 Å². The van der Waals surface area contributed by atoms with Crippen LogP contribution in [0.5, 0.6) is 0 Å². The molecule has 0 spiro atoms. The van der Waals surface area contributed by atoms with Crippen molar-refractivity contribution >= 4 is 57.4 Å². The van der Waals surface area contributed by atoms with Crippen LogP contribution in [-0.2, 0) is 9.59 Å². The van der Waals surface area contributed by atoms with E-state index < -0.39 is 11.9 Å². The van der Waals surface area contributed by atoms with E-state index in [1.54, 1.807) is 6.92 Å². The molecule has 0 saturated heterocycles. The molecule has 0 atom stereocenters. The Labute approximate surface area is 102 Å². The fourth-order valence-corrected chi connectivity index (χ4v) is 0.668. The first-order chi connectivity index (χ1) is 4.52. The van der Waals surface area contributed by atoms with Gasteiger partial charge in [0.05, 0.1) is 0 Å². The van der Waals surface area contributed by atoms with Crippen molar-refractivity contribution in [2.75, 3.05) is 0 Å². The van der Waals surface area contributed by atoms with Gasteiger partial charge < -0.3 is 10.2 Å². The van der Waals surface area contributed by atoms with Gasteiger partial charge in [-0.3, -0.25) is 9.59 Å². The molecule has 2 N–H and O–H groups in total. The van der Waals surface area contributed by atoms with Crippen molar-refractivity contribution in [1.29, 1.82) is 0 Å². The number of carbonyl (C=O) groups is 2. The molecule has 0 aromatic rings. The quantitative estimate of drug-likeness (QED) is 0.654. The Bertz CT molecular complexity index is 130. The fourth-order valence-electron chi connectivity index (χ4n) is 0.668. The van der Waals surface area contributed by atoms with Crippen LogP contribution in [0.15, 0.2) is 0 Å². The molecule has 0 saturated carbocycles. The molecule has 0 aliphatic carbocycles. The third-order valence-corrected chi connectivity index (χ3v) is 1.05. The van der Waals surface area contributed by atoms with E-state index in [9.17, 15) is 9.59 Å². The molecule has 4 nitrogen and oxygen atoms in total. The van der Waals surface area contributed by atoms with Gasteiger partial charge in [0.25, 0.3) is 0 Å². The molecule has 0 heterocycles. The predicted octanol–water partition coefficient (Wildman–Crippen LogP) is -0.344. The zero-order valence-corrected chi connectivity index (χ0v) is 5.70. The molecule has 5 heteroatoms. The maximum absolute atomic E-state index is 10.00. The second-order valence-electron chi connectivity index (χ2n) is 2.30. The van der Waals surface area contributed by atoms with E-state index in [1.807, 2.05) is 0 Å². The van der Waals surface area contributed by atoms with Crippen LogP contribution >= 0.6 is 0 Å². The van der Waals surface area contributed by atoms with E-state index in [-0.39, 0.29) is 64.2 Å². The minimum absolute atomic E-state index is 0. The number of aliphatic carboxylic acids is 2. The third-order valence-electron chi connectivity index (χ3n) is 1.05. The SMILES string of the molecule is CC(CC(=O)O)CC(=O)O.[SrH2]. The Kier molecular flexibility index (Phi) is 9.01. The van der Waals surface area contributed by atoms with Crippen molar-refractivity contribution in [2.45, 2.75) is 19.8 Å². The topological polar surface area (TPSA) is 74.6 Å². The van der Waals surface area contributed by atoms with Crippen LogP contribution in [-0.4, -0.2) is 67.6 Å². The Morgan fingerprint density at radius 3 is 1.64 bits per heavy atom. The number of hydrogen-bond donors (Lipinski definition) is 2. The number of rotatable bonds is 4. The van der Waals surface area contributed by atoms with E-state index in [0.29, 0.717) is 0 Å². The van der Waals surface area contributed by atoms with Crippen LogP contribution in [0.25, 0.3) is 0 Å². The van der Waals surface area contributed by atoms with Gasteiger partial charge >= 0.3 is 57.4 Å². The van der Waals surface area contributed by atoms with Crippen molar-refractivity contribution in [2.24, 2.45) is 5.92 Å². The average Bonchev–Trinajstić information content (AvgIpc) is 1.58. The monoisotopic (exact) mass is 236 g/mol. The normalized spacial score (nSPS) is 8.91. The second kappa shape index (κ2) is 7.09. The Balaban J connectivity index is 0. The predicted molar refractivity (Wildman–Crippen MR) is 42.2 cm³/mol. The van der Waals surface area contributed by atoms with Gasteiger partial charge in [-0.1, -0.05) is 6.92 Å². The minimum atomic E-state index is -0.950. The summed E-state index contributed by atoms with van der Waals surface area (Å²) in [6, 6.07) is 0. The summed E-state index contributed by atoms with van der Waals surface area (Å²) >= 11 is 0. The zero-order valence-electron chi connectivity index (χ0n) is 5.70. The Hall–Kier alpha value is 0.421. The Morgan fingerprint density at radius 1 is 1.18 bits per heavy atom. The molecule has 0 aliphatic heterocycles. The van der Waals surface area contributed by atoms with Crippen LogP contribution in [0.2, 0.25) is 0 Å². The average molecular weight is 236 g/mol. The van der Waals surface area contributed by atoms with E-state index in [1.165, 1.54) is 0 Å². The van der Waals surface area contributed by atoms with Crippen LogP contribution in [0, 0.1) is 5.92 Å². The summed E-state index contributed by atoms with van der Waals surface area (Å²) in [5.41, 5.74) is 0. The van der Waals surface area contributed by atoms with Crippen molar-refractivity contribution in [3.63, 3.8) is 0 Å². The van der Waals surface area contributed by atoms with Crippen molar-refractivity contribution in [1.82, 2.24) is 0 Å². The summed E-state index contributed by atoms with van der Waals surface area (Å²) in [5, 5.41) is 16.4. The first kappa shape index (κ1) is 14.0. The van der Waals surface area contributed by atoms with Gasteiger partial charge in [-0.05, 0) is 5.92 Å². The molecule has 0 radical (unpaired) electrons. The van der Waals surface area contributed by atoms with Gasteiger partial charge in [-0.25, -0.2) is 0 Å². The van der Waals surface area contributed by atoms with Gasteiger partial charge in [0.2, 0.25) is 0 Å². The molecule has 0 aromatic heterocycles. The van der Waals surface area contributed by atoms with Crippen molar-refractivity contribution in [3.05, 3.63) is 0 Å². The first-order valence-electron chi connectivity index (χ1n) is 2.96. The van der Waals surface area contributed by atoms with E-state index in [4.69, 9.17) is 10.2 Å². The third kappa shape index (κ3) is 10.4. The van der Waals surface area contributed by atoms with Crippen LogP contribution in [0.1, 0.15) is 19.8 Å². The number of carboxylic acid groups (broad SMARTS) is 2. The van der Waals surface area contributed by atoms with Crippen molar-refractivity contribution < 1.29 is 19.8 Å². The first-order valence-corrected chi connectivity index (χ1v) is 2.96. The van der Waals surface area contributed by atoms with Crippen LogP contribution < -0.4 is 0 Å². The molecule has 0 fully saturated rings. The Morgan fingerprint density at radius 2 is 1.45 bits per heavy atom. The summed E-state index contributed by atoms with van der Waals surface area (Å²) in [5.74, 6) is -2.18. The molecule has 0 aromatic carbocycles. The molecule has 0 aliphatic rings. The van der Waals surface area contributed by atoms with Crippen LogP contribution in [0.4, 0.5) is 0 Å². The summed E-state index contributed by atoms with van der Waals surface area (Å²) in [4.78, 5) is 20.0. The zero-order chi connectivity index (χ0) is 8.15. The van der Waals surface area contributed by atoms with Crippen LogP contribution in [0.3, 0.4) is 0 Å². The fraction of sp³-hybridized carbons (Fsp3) is 0.667. The van der Waals surface area contributed by atoms with Gasteiger partial charge in [-0.15, -0.1) is 0 Å². The van der Waals surface area contributed by atoms with Crippen molar-refractivity contribution in [3.8, 4) is 0 Å². The number of carboxylic acids is 2. The van der Waals surface area contributed by atoms with Gasteiger partial charge in [0.15, 0.2) is 0 Å². The molecule has 11 heavy (non-hydrogen) atoms. The molecular weight excluding hydrogens is 224 g/mol.